The summed E-state index contributed by atoms with van der Waals surface area (Å²) in [6.07, 6.45) is 6.03. The van der Waals surface area contributed by atoms with Gasteiger partial charge < -0.3 is 10.5 Å². The first kappa shape index (κ1) is 12.3. The van der Waals surface area contributed by atoms with Gasteiger partial charge in [0.2, 0.25) is 0 Å². The molecular formula is C11H23NOS. The fraction of sp³-hybridized carbons (Fsp3) is 1.00. The second-order valence-corrected chi connectivity index (χ2v) is 5.08. The molecule has 84 valence electrons. The van der Waals surface area contributed by atoms with Crippen molar-refractivity contribution >= 4 is 11.8 Å². The summed E-state index contributed by atoms with van der Waals surface area (Å²) in [5.41, 5.74) is 5.61. The molecule has 1 rings (SSSR count). The highest BCUT2D eigenvalue weighted by molar-refractivity contribution is 7.99. The van der Waals surface area contributed by atoms with E-state index < -0.39 is 0 Å². The molecule has 0 aromatic heterocycles. The van der Waals surface area contributed by atoms with Gasteiger partial charge in [-0.1, -0.05) is 12.8 Å². The molecule has 14 heavy (non-hydrogen) atoms. The standard InChI is InChI=1S/C11H23NOS/c1-2-13-11(7-12)9-14-8-10-5-3-4-6-10/h10-11H,2-9,12H2,1H3. The molecular weight excluding hydrogens is 194 g/mol. The van der Waals surface area contributed by atoms with Crippen LogP contribution in [0.4, 0.5) is 0 Å². The maximum absolute atomic E-state index is 5.61. The Morgan fingerprint density at radius 2 is 2.14 bits per heavy atom. The highest BCUT2D eigenvalue weighted by Crippen LogP contribution is 2.28. The Kier molecular flexibility index (Phi) is 6.65. The molecule has 0 aromatic rings. The number of rotatable bonds is 7. The van der Waals surface area contributed by atoms with Crippen molar-refractivity contribution in [3.05, 3.63) is 0 Å². The lowest BCUT2D eigenvalue weighted by Crippen LogP contribution is -2.26. The average Bonchev–Trinajstić information content (AvgIpc) is 2.69. The van der Waals surface area contributed by atoms with Crippen molar-refractivity contribution in [1.82, 2.24) is 0 Å². The first-order valence-electron chi connectivity index (χ1n) is 5.76. The molecule has 0 amide bonds. The van der Waals surface area contributed by atoms with Crippen molar-refractivity contribution < 1.29 is 4.74 Å². The Balaban J connectivity index is 2.00. The van der Waals surface area contributed by atoms with Crippen LogP contribution in [-0.2, 0) is 4.74 Å². The van der Waals surface area contributed by atoms with Gasteiger partial charge in [-0.15, -0.1) is 0 Å². The van der Waals surface area contributed by atoms with Crippen molar-refractivity contribution in [2.24, 2.45) is 11.7 Å². The molecule has 0 radical (unpaired) electrons. The van der Waals surface area contributed by atoms with Gasteiger partial charge >= 0.3 is 0 Å². The van der Waals surface area contributed by atoms with E-state index in [1.807, 2.05) is 18.7 Å². The van der Waals surface area contributed by atoms with Gasteiger partial charge in [0.15, 0.2) is 0 Å². The zero-order chi connectivity index (χ0) is 10.2. The van der Waals surface area contributed by atoms with E-state index in [0.717, 1.165) is 18.3 Å². The second-order valence-electron chi connectivity index (χ2n) is 4.00. The lowest BCUT2D eigenvalue weighted by molar-refractivity contribution is 0.0858. The van der Waals surface area contributed by atoms with Crippen LogP contribution in [0, 0.1) is 5.92 Å². The molecule has 0 spiro atoms. The van der Waals surface area contributed by atoms with E-state index in [9.17, 15) is 0 Å². The quantitative estimate of drug-likeness (QED) is 0.710. The van der Waals surface area contributed by atoms with Gasteiger partial charge in [0, 0.05) is 18.9 Å². The largest absolute Gasteiger partial charge is 0.376 e. The van der Waals surface area contributed by atoms with Crippen LogP contribution in [-0.4, -0.2) is 30.8 Å². The summed E-state index contributed by atoms with van der Waals surface area (Å²) < 4.78 is 5.51. The van der Waals surface area contributed by atoms with Gasteiger partial charge in [0.05, 0.1) is 6.10 Å². The van der Waals surface area contributed by atoms with Gasteiger partial charge in [-0.3, -0.25) is 0 Å². The van der Waals surface area contributed by atoms with Crippen LogP contribution in [0.3, 0.4) is 0 Å². The predicted molar refractivity (Wildman–Crippen MR) is 63.8 cm³/mol. The molecule has 1 aliphatic carbocycles. The molecule has 1 saturated carbocycles. The highest BCUT2D eigenvalue weighted by atomic mass is 32.2. The van der Waals surface area contributed by atoms with Gasteiger partial charge in [0.25, 0.3) is 0 Å². The summed E-state index contributed by atoms with van der Waals surface area (Å²) >= 11 is 2.02. The predicted octanol–water partition coefficient (Wildman–Crippen LogP) is 2.27. The molecule has 2 nitrogen and oxygen atoms in total. The van der Waals surface area contributed by atoms with Gasteiger partial charge in [-0.05, 0) is 31.4 Å². The van der Waals surface area contributed by atoms with Crippen LogP contribution < -0.4 is 5.73 Å². The minimum Gasteiger partial charge on any atom is -0.376 e. The Hall–Kier alpha value is 0.270. The summed E-state index contributed by atoms with van der Waals surface area (Å²) in [6, 6.07) is 0. The molecule has 0 heterocycles. The Morgan fingerprint density at radius 1 is 1.43 bits per heavy atom. The molecule has 3 heteroatoms. The minimum atomic E-state index is 0.270. The summed E-state index contributed by atoms with van der Waals surface area (Å²) in [5.74, 6) is 3.35. The van der Waals surface area contributed by atoms with E-state index in [2.05, 4.69) is 0 Å². The number of hydrogen-bond acceptors (Lipinski definition) is 3. The lowest BCUT2D eigenvalue weighted by Gasteiger charge is -2.15. The van der Waals surface area contributed by atoms with E-state index in [4.69, 9.17) is 10.5 Å². The zero-order valence-electron chi connectivity index (χ0n) is 9.21. The number of ether oxygens (including phenoxy) is 1. The molecule has 0 aromatic carbocycles. The molecule has 0 saturated heterocycles. The smallest absolute Gasteiger partial charge is 0.0787 e. The molecule has 0 bridgehead atoms. The van der Waals surface area contributed by atoms with E-state index >= 15 is 0 Å². The third-order valence-corrected chi connectivity index (χ3v) is 4.11. The average molecular weight is 217 g/mol. The maximum atomic E-state index is 5.61. The highest BCUT2D eigenvalue weighted by Gasteiger charge is 2.15. The van der Waals surface area contributed by atoms with Gasteiger partial charge in [0.1, 0.15) is 0 Å². The second kappa shape index (κ2) is 7.55. The fourth-order valence-electron chi connectivity index (χ4n) is 1.96. The summed E-state index contributed by atoms with van der Waals surface area (Å²) in [4.78, 5) is 0. The molecule has 1 fully saturated rings. The Morgan fingerprint density at radius 3 is 2.71 bits per heavy atom. The van der Waals surface area contributed by atoms with Crippen LogP contribution in [0.5, 0.6) is 0 Å². The van der Waals surface area contributed by atoms with Crippen molar-refractivity contribution in [2.75, 3.05) is 24.7 Å². The summed E-state index contributed by atoms with van der Waals surface area (Å²) in [7, 11) is 0. The van der Waals surface area contributed by atoms with Crippen molar-refractivity contribution in [1.29, 1.82) is 0 Å². The van der Waals surface area contributed by atoms with Gasteiger partial charge in [-0.2, -0.15) is 11.8 Å². The molecule has 1 atom stereocenters. The van der Waals surface area contributed by atoms with Crippen LogP contribution >= 0.6 is 11.8 Å². The van der Waals surface area contributed by atoms with Gasteiger partial charge in [-0.25, -0.2) is 0 Å². The van der Waals surface area contributed by atoms with Crippen LogP contribution in [0.15, 0.2) is 0 Å². The first-order valence-corrected chi connectivity index (χ1v) is 6.91. The van der Waals surface area contributed by atoms with Crippen LogP contribution in [0.2, 0.25) is 0 Å². The summed E-state index contributed by atoms with van der Waals surface area (Å²) in [6.45, 7) is 3.47. The van der Waals surface area contributed by atoms with E-state index in [0.29, 0.717) is 6.54 Å². The minimum absolute atomic E-state index is 0.270. The first-order chi connectivity index (χ1) is 6.86. The van der Waals surface area contributed by atoms with E-state index in [-0.39, 0.29) is 6.10 Å². The van der Waals surface area contributed by atoms with Crippen LogP contribution in [0.1, 0.15) is 32.6 Å². The topological polar surface area (TPSA) is 35.2 Å². The van der Waals surface area contributed by atoms with Crippen molar-refractivity contribution in [3.8, 4) is 0 Å². The summed E-state index contributed by atoms with van der Waals surface area (Å²) in [5, 5.41) is 0. The third kappa shape index (κ3) is 4.67. The molecule has 1 unspecified atom stereocenters. The fourth-order valence-corrected chi connectivity index (χ4v) is 3.26. The monoisotopic (exact) mass is 217 g/mol. The Bertz CT molecular complexity index is 137. The van der Waals surface area contributed by atoms with Crippen molar-refractivity contribution in [3.63, 3.8) is 0 Å². The number of nitrogens with two attached hydrogens (primary N) is 1. The SMILES string of the molecule is CCOC(CN)CSCC1CCCC1. The molecule has 0 aliphatic heterocycles. The number of thioether (sulfide) groups is 1. The lowest BCUT2D eigenvalue weighted by atomic mass is 10.1. The normalized spacial score (nSPS) is 20.1. The van der Waals surface area contributed by atoms with Crippen molar-refractivity contribution in [2.45, 2.75) is 38.7 Å². The zero-order valence-corrected chi connectivity index (χ0v) is 10.0. The van der Waals surface area contributed by atoms with Crippen LogP contribution in [0.25, 0.3) is 0 Å². The Labute approximate surface area is 92.0 Å². The van der Waals surface area contributed by atoms with E-state index in [1.165, 1.54) is 31.4 Å². The van der Waals surface area contributed by atoms with E-state index in [1.54, 1.807) is 0 Å². The maximum Gasteiger partial charge on any atom is 0.0787 e. The molecule has 2 N–H and O–H groups in total. The number of hydrogen-bond donors (Lipinski definition) is 1. The third-order valence-electron chi connectivity index (χ3n) is 2.80. The molecule has 1 aliphatic rings.